The van der Waals surface area contributed by atoms with E-state index in [4.69, 9.17) is 27.9 Å². The molecule has 0 saturated heterocycles. The molecule has 0 heterocycles. The van der Waals surface area contributed by atoms with E-state index in [1.807, 2.05) is 64.1 Å². The largest absolute Gasteiger partial charge is 0.446 e. The minimum Gasteiger partial charge on any atom is -0.446 e. The van der Waals surface area contributed by atoms with Crippen LogP contribution in [0.4, 0.5) is 4.79 Å². The standard InChI is InChI=1S/C29H31Cl2NO4S/c1-19(15-20-11-13-23(14-12-20)37-27-10-6-9-25(31)24(27)18-33)36-28(35)32(29(2,3)4)17-26(34)21-7-5-8-22(30)16-21/h5-14,16,18-19,26,34H,15,17H2,1-4H3/t19-,26+/m1/s1. The zero-order valence-electron chi connectivity index (χ0n) is 21.3. The first-order valence-electron chi connectivity index (χ1n) is 11.9. The maximum absolute atomic E-state index is 13.1. The number of rotatable bonds is 9. The Balaban J connectivity index is 1.62. The summed E-state index contributed by atoms with van der Waals surface area (Å²) in [4.78, 5) is 27.8. The first-order valence-corrected chi connectivity index (χ1v) is 13.5. The van der Waals surface area contributed by atoms with E-state index in [1.165, 1.54) is 16.7 Å². The Hall–Kier alpha value is -2.51. The van der Waals surface area contributed by atoms with Crippen molar-refractivity contribution in [1.82, 2.24) is 4.90 Å². The smallest absolute Gasteiger partial charge is 0.410 e. The van der Waals surface area contributed by atoms with Crippen molar-refractivity contribution >= 4 is 47.3 Å². The van der Waals surface area contributed by atoms with E-state index in [0.29, 0.717) is 27.6 Å². The summed E-state index contributed by atoms with van der Waals surface area (Å²) in [5, 5.41) is 11.7. The predicted molar refractivity (Wildman–Crippen MR) is 150 cm³/mol. The number of carbonyl (C=O) groups is 2. The van der Waals surface area contributed by atoms with Crippen molar-refractivity contribution in [1.29, 1.82) is 0 Å². The molecule has 0 aliphatic rings. The van der Waals surface area contributed by atoms with Crippen LogP contribution in [0.2, 0.25) is 10.0 Å². The fourth-order valence-electron chi connectivity index (χ4n) is 3.76. The van der Waals surface area contributed by atoms with Crippen LogP contribution in [0.25, 0.3) is 0 Å². The number of nitrogens with zero attached hydrogens (tertiary/aromatic N) is 1. The summed E-state index contributed by atoms with van der Waals surface area (Å²) in [6, 6.07) is 20.2. The Morgan fingerprint density at radius 1 is 1.08 bits per heavy atom. The Labute approximate surface area is 232 Å². The molecule has 5 nitrogen and oxygen atoms in total. The summed E-state index contributed by atoms with van der Waals surface area (Å²) in [6.07, 6.45) is -0.471. The number of carbonyl (C=O) groups excluding carboxylic acids is 2. The van der Waals surface area contributed by atoms with Gasteiger partial charge in [0.2, 0.25) is 0 Å². The molecule has 3 rings (SSSR count). The second kappa shape index (κ2) is 12.8. The fraction of sp³-hybridized carbons (Fsp3) is 0.310. The molecular weight excluding hydrogens is 529 g/mol. The minimum absolute atomic E-state index is 0.0770. The quantitative estimate of drug-likeness (QED) is 0.270. The molecule has 2 atom stereocenters. The highest BCUT2D eigenvalue weighted by Gasteiger charge is 2.31. The number of β-amino-alcohol motifs (C(OH)–C–C–N with tert-alkyl or cyclic N) is 1. The average Bonchev–Trinajstić information content (AvgIpc) is 2.83. The topological polar surface area (TPSA) is 66.8 Å². The average molecular weight is 561 g/mol. The molecule has 0 aromatic heterocycles. The zero-order valence-corrected chi connectivity index (χ0v) is 23.6. The van der Waals surface area contributed by atoms with Gasteiger partial charge in [-0.15, -0.1) is 0 Å². The van der Waals surface area contributed by atoms with Crippen LogP contribution in [0.1, 0.15) is 55.3 Å². The molecule has 0 saturated carbocycles. The van der Waals surface area contributed by atoms with Gasteiger partial charge in [0.15, 0.2) is 6.29 Å². The van der Waals surface area contributed by atoms with Crippen molar-refractivity contribution in [2.24, 2.45) is 0 Å². The monoisotopic (exact) mass is 559 g/mol. The zero-order chi connectivity index (χ0) is 27.2. The molecule has 0 aliphatic carbocycles. The van der Waals surface area contributed by atoms with Crippen molar-refractivity contribution < 1.29 is 19.4 Å². The van der Waals surface area contributed by atoms with Gasteiger partial charge in [0.1, 0.15) is 6.10 Å². The van der Waals surface area contributed by atoms with E-state index >= 15 is 0 Å². The molecule has 37 heavy (non-hydrogen) atoms. The Morgan fingerprint density at radius 2 is 1.76 bits per heavy atom. The highest BCUT2D eigenvalue weighted by molar-refractivity contribution is 7.99. The number of aliphatic hydroxyl groups excluding tert-OH is 1. The van der Waals surface area contributed by atoms with E-state index in [9.17, 15) is 14.7 Å². The second-order valence-electron chi connectivity index (χ2n) is 9.77. The molecule has 1 N–H and O–H groups in total. The molecule has 196 valence electrons. The summed E-state index contributed by atoms with van der Waals surface area (Å²) in [6.45, 7) is 7.62. The molecule has 0 spiro atoms. The van der Waals surface area contributed by atoms with Crippen molar-refractivity contribution in [3.05, 3.63) is 93.5 Å². The lowest BCUT2D eigenvalue weighted by Gasteiger charge is -2.37. The third kappa shape index (κ3) is 8.24. The SMILES string of the molecule is C[C@H](Cc1ccc(Sc2cccc(Cl)c2C=O)cc1)OC(=O)N(C[C@H](O)c1cccc(Cl)c1)C(C)(C)C. The lowest BCUT2D eigenvalue weighted by molar-refractivity contribution is 0.0198. The Morgan fingerprint density at radius 3 is 2.38 bits per heavy atom. The number of halogens is 2. The molecule has 3 aromatic carbocycles. The van der Waals surface area contributed by atoms with Crippen LogP contribution < -0.4 is 0 Å². The van der Waals surface area contributed by atoms with Gasteiger partial charge < -0.3 is 14.7 Å². The number of aldehydes is 1. The van der Waals surface area contributed by atoms with E-state index in [-0.39, 0.29) is 12.6 Å². The number of hydrogen-bond acceptors (Lipinski definition) is 5. The first-order chi connectivity index (χ1) is 17.5. The lowest BCUT2D eigenvalue weighted by atomic mass is 10.0. The maximum atomic E-state index is 13.1. The van der Waals surface area contributed by atoms with Crippen LogP contribution in [0.3, 0.4) is 0 Å². The normalized spacial score (nSPS) is 13.1. The molecule has 0 radical (unpaired) electrons. The van der Waals surface area contributed by atoms with Crippen LogP contribution in [0.15, 0.2) is 76.5 Å². The van der Waals surface area contributed by atoms with Crippen LogP contribution in [0, 0.1) is 0 Å². The molecule has 0 bridgehead atoms. The molecule has 8 heteroatoms. The number of benzene rings is 3. The van der Waals surface area contributed by atoms with Gasteiger partial charge in [0, 0.05) is 32.3 Å². The van der Waals surface area contributed by atoms with E-state index in [2.05, 4.69) is 0 Å². The van der Waals surface area contributed by atoms with Gasteiger partial charge in [-0.25, -0.2) is 4.79 Å². The van der Waals surface area contributed by atoms with Crippen LogP contribution in [-0.2, 0) is 11.2 Å². The van der Waals surface area contributed by atoms with E-state index < -0.39 is 17.7 Å². The third-order valence-corrected chi connectivity index (χ3v) is 7.37. The minimum atomic E-state index is -0.898. The summed E-state index contributed by atoms with van der Waals surface area (Å²) in [5.41, 5.74) is 1.56. The molecule has 0 fully saturated rings. The number of amides is 1. The number of hydrogen-bond donors (Lipinski definition) is 1. The molecular formula is C29H31Cl2NO4S. The van der Waals surface area contributed by atoms with Gasteiger partial charge in [-0.2, -0.15) is 0 Å². The highest BCUT2D eigenvalue weighted by Crippen LogP contribution is 2.33. The van der Waals surface area contributed by atoms with Crippen molar-refractivity contribution in [3.8, 4) is 0 Å². The number of aliphatic hydroxyl groups is 1. The molecule has 3 aromatic rings. The summed E-state index contributed by atoms with van der Waals surface area (Å²) in [7, 11) is 0. The summed E-state index contributed by atoms with van der Waals surface area (Å²) in [5.74, 6) is 0. The van der Waals surface area contributed by atoms with Crippen molar-refractivity contribution in [2.45, 2.75) is 61.7 Å². The molecule has 1 amide bonds. The second-order valence-corrected chi connectivity index (χ2v) is 11.7. The van der Waals surface area contributed by atoms with Crippen molar-refractivity contribution in [3.63, 3.8) is 0 Å². The molecule has 0 aliphatic heterocycles. The fourth-order valence-corrected chi connectivity index (χ4v) is 5.18. The Kier molecular flexibility index (Phi) is 10.1. The predicted octanol–water partition coefficient (Wildman–Crippen LogP) is 7.86. The number of ether oxygens (including phenoxy) is 1. The third-order valence-electron chi connectivity index (χ3n) is 5.73. The van der Waals surface area contributed by atoms with Crippen LogP contribution >= 0.6 is 35.0 Å². The lowest BCUT2D eigenvalue weighted by Crippen LogP contribution is -2.48. The summed E-state index contributed by atoms with van der Waals surface area (Å²) >= 11 is 13.6. The van der Waals surface area contributed by atoms with Gasteiger partial charge >= 0.3 is 6.09 Å². The van der Waals surface area contributed by atoms with Gasteiger partial charge in [0.25, 0.3) is 0 Å². The summed E-state index contributed by atoms with van der Waals surface area (Å²) < 4.78 is 5.76. The van der Waals surface area contributed by atoms with Crippen LogP contribution in [0.5, 0.6) is 0 Å². The first kappa shape index (κ1) is 29.1. The van der Waals surface area contributed by atoms with E-state index in [0.717, 1.165) is 21.6 Å². The van der Waals surface area contributed by atoms with Gasteiger partial charge in [-0.1, -0.05) is 65.3 Å². The van der Waals surface area contributed by atoms with Gasteiger partial charge in [-0.05, 0) is 75.2 Å². The highest BCUT2D eigenvalue weighted by atomic mass is 35.5. The van der Waals surface area contributed by atoms with Gasteiger partial charge in [-0.3, -0.25) is 4.79 Å². The molecule has 0 unspecified atom stereocenters. The van der Waals surface area contributed by atoms with Crippen LogP contribution in [-0.4, -0.2) is 40.6 Å². The van der Waals surface area contributed by atoms with Gasteiger partial charge in [0.05, 0.1) is 17.7 Å². The van der Waals surface area contributed by atoms with Crippen molar-refractivity contribution in [2.75, 3.05) is 6.54 Å². The Bertz CT molecular complexity index is 1230. The van der Waals surface area contributed by atoms with E-state index in [1.54, 1.807) is 30.3 Å². The maximum Gasteiger partial charge on any atom is 0.410 e.